The number of methoxy groups -OCH3 is 1. The molecule has 0 saturated carbocycles. The van der Waals surface area contributed by atoms with Crippen molar-refractivity contribution in [3.63, 3.8) is 0 Å². The smallest absolute Gasteiger partial charge is 0.337 e. The summed E-state index contributed by atoms with van der Waals surface area (Å²) in [7, 11) is -2.94. The molecule has 8 nitrogen and oxygen atoms in total. The highest BCUT2D eigenvalue weighted by molar-refractivity contribution is 7.89. The second-order valence-electron chi connectivity index (χ2n) is 8.28. The number of amides is 2. The lowest BCUT2D eigenvalue weighted by Gasteiger charge is -2.27. The van der Waals surface area contributed by atoms with Gasteiger partial charge in [-0.1, -0.05) is 47.5 Å². The van der Waals surface area contributed by atoms with Crippen molar-refractivity contribution in [2.45, 2.75) is 30.8 Å². The van der Waals surface area contributed by atoms with Gasteiger partial charge in [0.1, 0.15) is 6.04 Å². The Balaban J connectivity index is 1.73. The Morgan fingerprint density at radius 1 is 1.03 bits per heavy atom. The molecule has 186 valence electrons. The summed E-state index contributed by atoms with van der Waals surface area (Å²) in [6.45, 7) is 1.63. The number of hydrogen-bond acceptors (Lipinski definition) is 6. The standard InChI is InChI=1S/C26H23ClN2O6S/c1-17-7-13-21(14-8-17)36(33,34)28(16-19-5-3-4-6-22(19)27)23-15-24(30)29(25(23)31)20-11-9-18(10-12-20)26(32)35-2/h3-14,23H,15-16H2,1-2H3. The van der Waals surface area contributed by atoms with Crippen molar-refractivity contribution < 1.29 is 27.5 Å². The van der Waals surface area contributed by atoms with E-state index in [9.17, 15) is 22.8 Å². The third-order valence-corrected chi connectivity index (χ3v) is 8.17. The molecule has 1 unspecified atom stereocenters. The fourth-order valence-electron chi connectivity index (χ4n) is 3.98. The molecule has 0 bridgehead atoms. The summed E-state index contributed by atoms with van der Waals surface area (Å²) in [5.74, 6) is -1.80. The first-order valence-electron chi connectivity index (χ1n) is 11.0. The summed E-state index contributed by atoms with van der Waals surface area (Å²) < 4.78 is 33.2. The Morgan fingerprint density at radius 3 is 2.28 bits per heavy atom. The van der Waals surface area contributed by atoms with E-state index in [1.54, 1.807) is 36.4 Å². The number of ether oxygens (including phenoxy) is 1. The summed E-state index contributed by atoms with van der Waals surface area (Å²) >= 11 is 6.31. The van der Waals surface area contributed by atoms with Gasteiger partial charge in [0, 0.05) is 11.6 Å². The molecule has 0 spiro atoms. The molecule has 1 aliphatic rings. The Bertz CT molecular complexity index is 1420. The molecular weight excluding hydrogens is 504 g/mol. The Hall–Kier alpha value is -3.53. The van der Waals surface area contributed by atoms with E-state index in [1.165, 1.54) is 43.5 Å². The van der Waals surface area contributed by atoms with Gasteiger partial charge in [0.2, 0.25) is 15.9 Å². The van der Waals surface area contributed by atoms with Gasteiger partial charge in [-0.2, -0.15) is 4.31 Å². The molecule has 10 heteroatoms. The van der Waals surface area contributed by atoms with E-state index >= 15 is 0 Å². The molecule has 3 aromatic rings. The number of halogens is 1. The van der Waals surface area contributed by atoms with Crippen LogP contribution in [0.4, 0.5) is 5.69 Å². The zero-order chi connectivity index (χ0) is 26.0. The van der Waals surface area contributed by atoms with Crippen LogP contribution in [0.5, 0.6) is 0 Å². The SMILES string of the molecule is COC(=O)c1ccc(N2C(=O)CC(N(Cc3ccccc3Cl)S(=O)(=O)c3ccc(C)cc3)C2=O)cc1. The third kappa shape index (κ3) is 4.90. The monoisotopic (exact) mass is 526 g/mol. The molecule has 0 aromatic heterocycles. The number of nitrogens with zero attached hydrogens (tertiary/aromatic N) is 2. The lowest BCUT2D eigenvalue weighted by Crippen LogP contribution is -2.45. The van der Waals surface area contributed by atoms with Crippen molar-refractivity contribution in [3.8, 4) is 0 Å². The van der Waals surface area contributed by atoms with Crippen LogP contribution in [-0.4, -0.2) is 43.7 Å². The summed E-state index contributed by atoms with van der Waals surface area (Å²) in [6, 6.07) is 17.5. The van der Waals surface area contributed by atoms with Crippen molar-refractivity contribution in [1.29, 1.82) is 0 Å². The van der Waals surface area contributed by atoms with Crippen LogP contribution in [0.15, 0.2) is 77.7 Å². The van der Waals surface area contributed by atoms with Crippen LogP contribution in [0.25, 0.3) is 0 Å². The average Bonchev–Trinajstić information content (AvgIpc) is 3.16. The Labute approximate surface area is 214 Å². The molecule has 0 radical (unpaired) electrons. The molecule has 0 N–H and O–H groups in total. The topological polar surface area (TPSA) is 101 Å². The van der Waals surface area contributed by atoms with E-state index in [4.69, 9.17) is 11.6 Å². The van der Waals surface area contributed by atoms with Gasteiger partial charge < -0.3 is 4.74 Å². The average molecular weight is 527 g/mol. The van der Waals surface area contributed by atoms with Gasteiger partial charge in [0.25, 0.3) is 5.91 Å². The highest BCUT2D eigenvalue weighted by atomic mass is 35.5. The highest BCUT2D eigenvalue weighted by Gasteiger charge is 2.47. The Morgan fingerprint density at radius 2 is 1.67 bits per heavy atom. The number of benzene rings is 3. The van der Waals surface area contributed by atoms with E-state index in [-0.39, 0.29) is 29.1 Å². The molecule has 1 saturated heterocycles. The number of imide groups is 1. The molecule has 1 fully saturated rings. The maximum atomic E-state index is 13.7. The number of aryl methyl sites for hydroxylation is 1. The number of carbonyl (C=O) groups excluding carboxylic acids is 3. The molecule has 3 aromatic carbocycles. The van der Waals surface area contributed by atoms with E-state index in [0.717, 1.165) is 14.8 Å². The normalized spacial score (nSPS) is 16.0. The highest BCUT2D eigenvalue weighted by Crippen LogP contribution is 2.32. The molecule has 36 heavy (non-hydrogen) atoms. The predicted molar refractivity (Wildman–Crippen MR) is 134 cm³/mol. The summed E-state index contributed by atoms with van der Waals surface area (Å²) in [5.41, 5.74) is 1.85. The van der Waals surface area contributed by atoms with Crippen molar-refractivity contribution in [1.82, 2.24) is 4.31 Å². The van der Waals surface area contributed by atoms with Crippen molar-refractivity contribution in [2.75, 3.05) is 12.0 Å². The molecule has 1 aliphatic heterocycles. The minimum absolute atomic E-state index is 0.00119. The third-order valence-electron chi connectivity index (χ3n) is 5.93. The zero-order valence-corrected chi connectivity index (χ0v) is 21.1. The largest absolute Gasteiger partial charge is 0.465 e. The van der Waals surface area contributed by atoms with Gasteiger partial charge >= 0.3 is 5.97 Å². The number of rotatable bonds is 7. The molecular formula is C26H23ClN2O6S. The van der Waals surface area contributed by atoms with E-state index < -0.39 is 33.8 Å². The van der Waals surface area contributed by atoms with Crippen LogP contribution < -0.4 is 4.90 Å². The number of hydrogen-bond donors (Lipinski definition) is 0. The fraction of sp³-hybridized carbons (Fsp3) is 0.192. The van der Waals surface area contributed by atoms with Crippen LogP contribution in [0.2, 0.25) is 5.02 Å². The number of carbonyl (C=O) groups is 3. The molecule has 0 aliphatic carbocycles. The van der Waals surface area contributed by atoms with Crippen molar-refractivity contribution in [2.24, 2.45) is 0 Å². The van der Waals surface area contributed by atoms with Gasteiger partial charge in [-0.25, -0.2) is 18.1 Å². The second kappa shape index (κ2) is 10.2. The predicted octanol–water partition coefficient (Wildman–Crippen LogP) is 3.96. The minimum Gasteiger partial charge on any atom is -0.465 e. The van der Waals surface area contributed by atoms with Gasteiger partial charge in [-0.15, -0.1) is 0 Å². The van der Waals surface area contributed by atoms with E-state index in [0.29, 0.717) is 10.6 Å². The first-order valence-corrected chi connectivity index (χ1v) is 12.8. The van der Waals surface area contributed by atoms with Crippen LogP contribution in [0.1, 0.15) is 27.9 Å². The van der Waals surface area contributed by atoms with Crippen molar-refractivity contribution in [3.05, 3.63) is 94.5 Å². The van der Waals surface area contributed by atoms with Crippen molar-refractivity contribution >= 4 is 45.1 Å². The van der Waals surface area contributed by atoms with Crippen LogP contribution in [-0.2, 0) is 30.9 Å². The number of sulfonamides is 1. The molecule has 1 heterocycles. The van der Waals surface area contributed by atoms with Crippen LogP contribution in [0.3, 0.4) is 0 Å². The maximum Gasteiger partial charge on any atom is 0.337 e. The quantitative estimate of drug-likeness (QED) is 0.341. The lowest BCUT2D eigenvalue weighted by molar-refractivity contribution is -0.122. The van der Waals surface area contributed by atoms with E-state index in [1.807, 2.05) is 6.92 Å². The first-order chi connectivity index (χ1) is 17.1. The fourth-order valence-corrected chi connectivity index (χ4v) is 5.73. The molecule has 2 amide bonds. The maximum absolute atomic E-state index is 13.7. The summed E-state index contributed by atoms with van der Waals surface area (Å²) in [5, 5.41) is 0.341. The van der Waals surface area contributed by atoms with Crippen LogP contribution >= 0.6 is 11.6 Å². The molecule has 4 rings (SSSR count). The zero-order valence-electron chi connectivity index (χ0n) is 19.5. The Kier molecular flexibility index (Phi) is 7.26. The van der Waals surface area contributed by atoms with Gasteiger partial charge in [0.05, 0.1) is 29.7 Å². The van der Waals surface area contributed by atoms with E-state index in [2.05, 4.69) is 4.74 Å². The first kappa shape index (κ1) is 25.6. The van der Waals surface area contributed by atoms with Crippen LogP contribution in [0, 0.1) is 6.92 Å². The number of anilines is 1. The molecule has 1 atom stereocenters. The second-order valence-corrected chi connectivity index (χ2v) is 10.6. The van der Waals surface area contributed by atoms with Gasteiger partial charge in [-0.05, 0) is 55.0 Å². The van der Waals surface area contributed by atoms with Gasteiger partial charge in [-0.3, -0.25) is 9.59 Å². The van der Waals surface area contributed by atoms with Gasteiger partial charge in [0.15, 0.2) is 0 Å². The number of esters is 1. The minimum atomic E-state index is -4.19. The summed E-state index contributed by atoms with van der Waals surface area (Å²) in [6.07, 6.45) is -0.340. The summed E-state index contributed by atoms with van der Waals surface area (Å²) in [4.78, 5) is 39.2. The lowest BCUT2D eigenvalue weighted by atomic mass is 10.2.